The van der Waals surface area contributed by atoms with Crippen LogP contribution in [0.1, 0.15) is 37.7 Å². The van der Waals surface area contributed by atoms with Gasteiger partial charge >= 0.3 is 5.97 Å². The first-order valence-corrected chi connectivity index (χ1v) is 7.27. The molecular formula is C18H19O3. The number of rotatable bonds is 7. The Morgan fingerprint density at radius 1 is 1.19 bits per heavy atom. The van der Waals surface area contributed by atoms with Crippen LogP contribution in [0.25, 0.3) is 10.8 Å². The number of ether oxygens (including phenoxy) is 1. The van der Waals surface area contributed by atoms with E-state index in [2.05, 4.69) is 6.29 Å². The lowest BCUT2D eigenvalue weighted by Gasteiger charge is -2.13. The zero-order chi connectivity index (χ0) is 15.1. The minimum Gasteiger partial charge on any atom is -0.466 e. The molecule has 0 aliphatic rings. The van der Waals surface area contributed by atoms with Crippen molar-refractivity contribution in [2.45, 2.75) is 32.1 Å². The van der Waals surface area contributed by atoms with Gasteiger partial charge in [-0.05, 0) is 29.2 Å². The summed E-state index contributed by atoms with van der Waals surface area (Å²) in [7, 11) is 0. The highest BCUT2D eigenvalue weighted by Crippen LogP contribution is 2.27. The summed E-state index contributed by atoms with van der Waals surface area (Å²) in [6.45, 7) is 2.12. The van der Waals surface area contributed by atoms with E-state index >= 15 is 0 Å². The van der Waals surface area contributed by atoms with Crippen LogP contribution in [0, 0.1) is 0 Å². The first-order chi connectivity index (χ1) is 10.3. The van der Waals surface area contributed by atoms with Crippen molar-refractivity contribution in [3.05, 3.63) is 48.0 Å². The maximum Gasteiger partial charge on any atom is 0.305 e. The van der Waals surface area contributed by atoms with Gasteiger partial charge in [0.1, 0.15) is 0 Å². The normalized spacial score (nSPS) is 12.0. The second kappa shape index (κ2) is 7.58. The predicted molar refractivity (Wildman–Crippen MR) is 82.9 cm³/mol. The maximum atomic E-state index is 11.3. The monoisotopic (exact) mass is 283 g/mol. The molecule has 1 radical (unpaired) electrons. The molecule has 1 unspecified atom stereocenters. The zero-order valence-corrected chi connectivity index (χ0v) is 12.2. The van der Waals surface area contributed by atoms with E-state index in [1.165, 1.54) is 0 Å². The van der Waals surface area contributed by atoms with Gasteiger partial charge in [0.15, 0.2) is 0 Å². The third-order valence-electron chi connectivity index (χ3n) is 3.53. The van der Waals surface area contributed by atoms with Crippen molar-refractivity contribution in [2.24, 2.45) is 0 Å². The van der Waals surface area contributed by atoms with Crippen LogP contribution in [0.4, 0.5) is 0 Å². The molecule has 0 aromatic heterocycles. The van der Waals surface area contributed by atoms with E-state index in [4.69, 9.17) is 4.74 Å². The first-order valence-electron chi connectivity index (χ1n) is 7.27. The summed E-state index contributed by atoms with van der Waals surface area (Å²) in [6, 6.07) is 14.0. The van der Waals surface area contributed by atoms with Crippen LogP contribution in [0.3, 0.4) is 0 Å². The molecule has 0 aliphatic heterocycles. The summed E-state index contributed by atoms with van der Waals surface area (Å²) in [6.07, 6.45) is 3.80. The van der Waals surface area contributed by atoms with Gasteiger partial charge in [0, 0.05) is 6.42 Å². The van der Waals surface area contributed by atoms with Crippen molar-refractivity contribution in [2.75, 3.05) is 6.61 Å². The van der Waals surface area contributed by atoms with Crippen LogP contribution >= 0.6 is 0 Å². The Balaban J connectivity index is 2.06. The molecular weight excluding hydrogens is 264 g/mol. The van der Waals surface area contributed by atoms with E-state index in [1.54, 1.807) is 6.92 Å². The van der Waals surface area contributed by atoms with Gasteiger partial charge in [-0.15, -0.1) is 0 Å². The van der Waals surface area contributed by atoms with E-state index in [9.17, 15) is 9.59 Å². The Morgan fingerprint density at radius 2 is 1.95 bits per heavy atom. The number of carbonyl (C=O) groups excluding carboxylic acids is 2. The number of carbonyl (C=O) groups is 1. The zero-order valence-electron chi connectivity index (χ0n) is 12.2. The molecule has 21 heavy (non-hydrogen) atoms. The van der Waals surface area contributed by atoms with Gasteiger partial charge in [-0.2, -0.15) is 0 Å². The standard InChI is InChI=1S/C18H19O3/c1-2-18(20)21-12-6-9-15(13-19)17-11-5-8-14-7-3-4-10-16(14)17/h3-5,7-8,10-11,15H,2,6,9,12H2,1H3. The lowest BCUT2D eigenvalue weighted by molar-refractivity contribution is -0.143. The molecule has 0 N–H and O–H groups in total. The van der Waals surface area contributed by atoms with Gasteiger partial charge in [0.25, 0.3) is 0 Å². The summed E-state index contributed by atoms with van der Waals surface area (Å²) in [5.74, 6) is -0.483. The van der Waals surface area contributed by atoms with Gasteiger partial charge in [-0.1, -0.05) is 49.4 Å². The fourth-order valence-corrected chi connectivity index (χ4v) is 2.41. The molecule has 3 heteroatoms. The van der Waals surface area contributed by atoms with Crippen LogP contribution < -0.4 is 0 Å². The number of hydrogen-bond acceptors (Lipinski definition) is 3. The Morgan fingerprint density at radius 3 is 2.71 bits per heavy atom. The molecule has 3 nitrogen and oxygen atoms in total. The van der Waals surface area contributed by atoms with Crippen LogP contribution in [0.15, 0.2) is 42.5 Å². The molecule has 2 aromatic rings. The van der Waals surface area contributed by atoms with Crippen molar-refractivity contribution >= 4 is 23.0 Å². The molecule has 0 saturated heterocycles. The molecule has 0 spiro atoms. The highest BCUT2D eigenvalue weighted by atomic mass is 16.5. The molecule has 0 bridgehead atoms. The maximum absolute atomic E-state index is 11.3. The SMILES string of the molecule is CCC(=O)OCCCC([C]=O)c1cccc2ccccc12. The smallest absolute Gasteiger partial charge is 0.305 e. The molecule has 1 atom stereocenters. The summed E-state index contributed by atoms with van der Waals surface area (Å²) in [5, 5.41) is 2.20. The molecule has 0 aliphatic carbocycles. The van der Waals surface area contributed by atoms with Crippen molar-refractivity contribution in [3.8, 4) is 0 Å². The second-order valence-electron chi connectivity index (χ2n) is 4.96. The van der Waals surface area contributed by atoms with Gasteiger partial charge in [-0.3, -0.25) is 9.59 Å². The number of esters is 1. The largest absolute Gasteiger partial charge is 0.466 e. The summed E-state index contributed by atoms with van der Waals surface area (Å²) in [4.78, 5) is 22.4. The summed E-state index contributed by atoms with van der Waals surface area (Å²) < 4.78 is 5.04. The topological polar surface area (TPSA) is 43.4 Å². The van der Waals surface area contributed by atoms with Crippen molar-refractivity contribution in [1.82, 2.24) is 0 Å². The van der Waals surface area contributed by atoms with Crippen molar-refractivity contribution in [3.63, 3.8) is 0 Å². The van der Waals surface area contributed by atoms with E-state index in [0.29, 0.717) is 25.9 Å². The molecule has 0 amide bonds. The number of hydrogen-bond donors (Lipinski definition) is 0. The lowest BCUT2D eigenvalue weighted by atomic mass is 9.91. The first kappa shape index (κ1) is 15.2. The third kappa shape index (κ3) is 3.91. The predicted octanol–water partition coefficient (Wildman–Crippen LogP) is 3.77. The lowest BCUT2D eigenvalue weighted by Crippen LogP contribution is -2.07. The molecule has 109 valence electrons. The van der Waals surface area contributed by atoms with Gasteiger partial charge in [0.05, 0.1) is 12.5 Å². The van der Waals surface area contributed by atoms with Crippen LogP contribution in [0.5, 0.6) is 0 Å². The number of fused-ring (bicyclic) bond motifs is 1. The van der Waals surface area contributed by atoms with E-state index in [1.807, 2.05) is 42.5 Å². The summed E-state index contributed by atoms with van der Waals surface area (Å²) in [5.41, 5.74) is 0.991. The summed E-state index contributed by atoms with van der Waals surface area (Å²) >= 11 is 0. The van der Waals surface area contributed by atoms with Crippen LogP contribution in [0.2, 0.25) is 0 Å². The van der Waals surface area contributed by atoms with E-state index in [-0.39, 0.29) is 11.9 Å². The Hall–Kier alpha value is -2.16. The Kier molecular flexibility index (Phi) is 5.50. The quantitative estimate of drug-likeness (QED) is 0.574. The number of benzene rings is 2. The fourth-order valence-electron chi connectivity index (χ4n) is 2.41. The van der Waals surface area contributed by atoms with E-state index in [0.717, 1.165) is 16.3 Å². The molecule has 2 aromatic carbocycles. The second-order valence-corrected chi connectivity index (χ2v) is 4.96. The minimum absolute atomic E-state index is 0.202. The molecule has 2 rings (SSSR count). The van der Waals surface area contributed by atoms with Crippen molar-refractivity contribution in [1.29, 1.82) is 0 Å². The fraction of sp³-hybridized carbons (Fsp3) is 0.333. The highest BCUT2D eigenvalue weighted by molar-refractivity contribution is 5.88. The molecule has 0 fully saturated rings. The van der Waals surface area contributed by atoms with Gasteiger partial charge < -0.3 is 4.74 Å². The third-order valence-corrected chi connectivity index (χ3v) is 3.53. The Labute approximate surface area is 124 Å². The van der Waals surface area contributed by atoms with Crippen LogP contribution in [-0.2, 0) is 14.3 Å². The molecule has 0 heterocycles. The van der Waals surface area contributed by atoms with Gasteiger partial charge in [-0.25, -0.2) is 0 Å². The average molecular weight is 283 g/mol. The van der Waals surface area contributed by atoms with Crippen LogP contribution in [-0.4, -0.2) is 18.9 Å². The average Bonchev–Trinajstić information content (AvgIpc) is 2.54. The highest BCUT2D eigenvalue weighted by Gasteiger charge is 2.14. The Bertz CT molecular complexity index is 613. The van der Waals surface area contributed by atoms with Crippen molar-refractivity contribution < 1.29 is 14.3 Å². The van der Waals surface area contributed by atoms with E-state index < -0.39 is 0 Å². The minimum atomic E-state index is -0.281. The molecule has 0 saturated carbocycles. The van der Waals surface area contributed by atoms with Gasteiger partial charge in [0.2, 0.25) is 6.29 Å².